The highest BCUT2D eigenvalue weighted by Crippen LogP contribution is 2.34. The highest BCUT2D eigenvalue weighted by atomic mass is 16.7. The number of imidazole rings is 1. The van der Waals surface area contributed by atoms with Crippen molar-refractivity contribution in [1.82, 2.24) is 14.9 Å². The molecule has 25 heavy (non-hydrogen) atoms. The molecule has 2 aromatic rings. The van der Waals surface area contributed by atoms with Gasteiger partial charge in [-0.15, -0.1) is 0 Å². The first-order valence-electron chi connectivity index (χ1n) is 7.84. The molecule has 0 unspecified atom stereocenters. The molecule has 0 aliphatic carbocycles. The molecule has 0 saturated carbocycles. The van der Waals surface area contributed by atoms with E-state index in [4.69, 9.17) is 9.47 Å². The molecule has 132 valence electrons. The van der Waals surface area contributed by atoms with E-state index in [1.54, 1.807) is 30.7 Å². The number of nitro groups is 1. The Bertz CT molecular complexity index is 787. The van der Waals surface area contributed by atoms with Gasteiger partial charge in [-0.3, -0.25) is 10.1 Å². The molecule has 2 N–H and O–H groups in total. The number of benzene rings is 1. The summed E-state index contributed by atoms with van der Waals surface area (Å²) in [4.78, 5) is 14.4. The maximum absolute atomic E-state index is 10.8. The minimum absolute atomic E-state index is 0.183. The Morgan fingerprint density at radius 1 is 1.44 bits per heavy atom. The van der Waals surface area contributed by atoms with Gasteiger partial charge < -0.3 is 24.7 Å². The minimum Gasteiger partial charge on any atom is -0.454 e. The van der Waals surface area contributed by atoms with E-state index in [-0.39, 0.29) is 6.79 Å². The van der Waals surface area contributed by atoms with Crippen molar-refractivity contribution in [3.63, 3.8) is 0 Å². The van der Waals surface area contributed by atoms with Gasteiger partial charge in [0.05, 0.1) is 11.3 Å². The summed E-state index contributed by atoms with van der Waals surface area (Å²) in [6.07, 6.45) is 5.28. The maximum atomic E-state index is 10.8. The van der Waals surface area contributed by atoms with Crippen LogP contribution in [0.2, 0.25) is 0 Å². The van der Waals surface area contributed by atoms with Crippen LogP contribution in [0.5, 0.6) is 11.5 Å². The molecule has 0 radical (unpaired) electrons. The Balaban J connectivity index is 1.56. The molecule has 3 rings (SSSR count). The van der Waals surface area contributed by atoms with Gasteiger partial charge in [-0.1, -0.05) is 0 Å². The molecule has 1 aliphatic heterocycles. The van der Waals surface area contributed by atoms with Crippen LogP contribution in [0.15, 0.2) is 42.7 Å². The number of aryl methyl sites for hydroxylation is 2. The van der Waals surface area contributed by atoms with Crippen molar-refractivity contribution in [3.05, 3.63) is 58.6 Å². The van der Waals surface area contributed by atoms with E-state index in [0.29, 0.717) is 29.6 Å². The predicted molar refractivity (Wildman–Crippen MR) is 90.8 cm³/mol. The zero-order chi connectivity index (χ0) is 17.6. The van der Waals surface area contributed by atoms with Crippen molar-refractivity contribution in [2.75, 3.05) is 18.7 Å². The molecule has 2 heterocycles. The van der Waals surface area contributed by atoms with E-state index >= 15 is 0 Å². The summed E-state index contributed by atoms with van der Waals surface area (Å²) in [6, 6.07) is 5.28. The molecule has 0 saturated heterocycles. The van der Waals surface area contributed by atoms with Crippen LogP contribution in [-0.2, 0) is 6.54 Å². The second-order valence-corrected chi connectivity index (χ2v) is 5.53. The van der Waals surface area contributed by atoms with Gasteiger partial charge in [0.15, 0.2) is 17.3 Å². The normalized spacial score (nSPS) is 12.9. The smallest absolute Gasteiger partial charge is 0.274 e. The number of hydrogen-bond acceptors (Lipinski definition) is 7. The standard InChI is InChI=1S/C16H19N5O4/c1-12-8-17-10-20(12)6-2-5-18-16(9-21(22)23)19-13-3-4-14-15(7-13)25-11-24-14/h3-4,7-10,18-19H,2,5-6,11H2,1H3. The lowest BCUT2D eigenvalue weighted by Crippen LogP contribution is -2.23. The van der Waals surface area contributed by atoms with Gasteiger partial charge in [0.1, 0.15) is 0 Å². The Morgan fingerprint density at radius 2 is 2.28 bits per heavy atom. The first-order chi connectivity index (χ1) is 12.1. The summed E-state index contributed by atoms with van der Waals surface area (Å²) in [5.41, 5.74) is 1.76. The lowest BCUT2D eigenvalue weighted by molar-refractivity contribution is -0.403. The molecule has 0 atom stereocenters. The SMILES string of the molecule is Cc1cncn1CCCNC(=C[N+](=O)[O-])Nc1ccc2c(c1)OCO2. The quantitative estimate of drug-likeness (QED) is 0.429. The lowest BCUT2D eigenvalue weighted by Gasteiger charge is -2.12. The molecular weight excluding hydrogens is 326 g/mol. The molecule has 1 aromatic heterocycles. The third-order valence-corrected chi connectivity index (χ3v) is 3.70. The van der Waals surface area contributed by atoms with Crippen LogP contribution < -0.4 is 20.1 Å². The van der Waals surface area contributed by atoms with Crippen LogP contribution in [0.4, 0.5) is 5.69 Å². The van der Waals surface area contributed by atoms with Gasteiger partial charge in [0.2, 0.25) is 6.79 Å². The Morgan fingerprint density at radius 3 is 3.04 bits per heavy atom. The fourth-order valence-corrected chi connectivity index (χ4v) is 2.45. The van der Waals surface area contributed by atoms with Crippen molar-refractivity contribution in [2.24, 2.45) is 0 Å². The lowest BCUT2D eigenvalue weighted by atomic mass is 10.3. The van der Waals surface area contributed by atoms with Gasteiger partial charge in [-0.05, 0) is 25.5 Å². The molecule has 1 aliphatic rings. The van der Waals surface area contributed by atoms with Crippen molar-refractivity contribution >= 4 is 5.69 Å². The third kappa shape index (κ3) is 4.40. The van der Waals surface area contributed by atoms with Gasteiger partial charge in [0.25, 0.3) is 6.20 Å². The summed E-state index contributed by atoms with van der Waals surface area (Å²) in [7, 11) is 0. The van der Waals surface area contributed by atoms with E-state index in [0.717, 1.165) is 24.9 Å². The third-order valence-electron chi connectivity index (χ3n) is 3.70. The minimum atomic E-state index is -0.498. The van der Waals surface area contributed by atoms with Crippen LogP contribution in [-0.4, -0.2) is 27.8 Å². The van der Waals surface area contributed by atoms with Gasteiger partial charge >= 0.3 is 0 Å². The summed E-state index contributed by atoms with van der Waals surface area (Å²) in [5.74, 6) is 1.58. The monoisotopic (exact) mass is 345 g/mol. The number of aromatic nitrogens is 2. The molecule has 0 fully saturated rings. The second kappa shape index (κ2) is 7.56. The topological polar surface area (TPSA) is 103 Å². The van der Waals surface area contributed by atoms with Crippen LogP contribution in [0.1, 0.15) is 12.1 Å². The number of anilines is 1. The number of ether oxygens (including phenoxy) is 2. The van der Waals surface area contributed by atoms with Crippen molar-refractivity contribution in [1.29, 1.82) is 0 Å². The summed E-state index contributed by atoms with van der Waals surface area (Å²) in [6.45, 7) is 3.53. The van der Waals surface area contributed by atoms with Crippen LogP contribution in [0, 0.1) is 17.0 Å². The molecule has 9 heteroatoms. The number of nitrogens with zero attached hydrogens (tertiary/aromatic N) is 3. The highest BCUT2D eigenvalue weighted by Gasteiger charge is 2.14. The largest absolute Gasteiger partial charge is 0.454 e. The van der Waals surface area contributed by atoms with Gasteiger partial charge in [0, 0.05) is 36.7 Å². The van der Waals surface area contributed by atoms with E-state index in [9.17, 15) is 10.1 Å². The summed E-state index contributed by atoms with van der Waals surface area (Å²) < 4.78 is 12.6. The van der Waals surface area contributed by atoms with Crippen LogP contribution in [0.3, 0.4) is 0 Å². The number of rotatable bonds is 8. The van der Waals surface area contributed by atoms with Crippen LogP contribution in [0.25, 0.3) is 0 Å². The van der Waals surface area contributed by atoms with Gasteiger partial charge in [-0.25, -0.2) is 4.98 Å². The molecule has 1 aromatic carbocycles. The molecule has 9 nitrogen and oxygen atoms in total. The Hall–Kier alpha value is -3.23. The summed E-state index contributed by atoms with van der Waals surface area (Å²) in [5, 5.41) is 16.9. The van der Waals surface area contributed by atoms with E-state index in [1.165, 1.54) is 0 Å². The predicted octanol–water partition coefficient (Wildman–Crippen LogP) is 2.09. The molecular formula is C16H19N5O4. The summed E-state index contributed by atoms with van der Waals surface area (Å²) >= 11 is 0. The van der Waals surface area contributed by atoms with Crippen molar-refractivity contribution in [3.8, 4) is 11.5 Å². The Kier molecular flexibility index (Phi) is 5.03. The van der Waals surface area contributed by atoms with E-state index < -0.39 is 4.92 Å². The fraction of sp³-hybridized carbons (Fsp3) is 0.312. The van der Waals surface area contributed by atoms with Crippen LogP contribution >= 0.6 is 0 Å². The fourth-order valence-electron chi connectivity index (χ4n) is 2.45. The zero-order valence-corrected chi connectivity index (χ0v) is 13.8. The Labute approximate surface area is 144 Å². The number of hydrogen-bond donors (Lipinski definition) is 2. The average molecular weight is 345 g/mol. The molecule has 0 bridgehead atoms. The van der Waals surface area contributed by atoms with Crippen molar-refractivity contribution < 1.29 is 14.4 Å². The second-order valence-electron chi connectivity index (χ2n) is 5.53. The van der Waals surface area contributed by atoms with Crippen molar-refractivity contribution in [2.45, 2.75) is 19.9 Å². The first-order valence-corrected chi connectivity index (χ1v) is 7.84. The van der Waals surface area contributed by atoms with E-state index in [1.807, 2.05) is 11.5 Å². The highest BCUT2D eigenvalue weighted by molar-refractivity contribution is 5.57. The van der Waals surface area contributed by atoms with Gasteiger partial charge in [-0.2, -0.15) is 0 Å². The molecule has 0 spiro atoms. The maximum Gasteiger partial charge on any atom is 0.274 e. The zero-order valence-electron chi connectivity index (χ0n) is 13.8. The number of fused-ring (bicyclic) bond motifs is 1. The number of nitrogens with one attached hydrogen (secondary N) is 2. The average Bonchev–Trinajstić information content (AvgIpc) is 3.19. The van der Waals surface area contributed by atoms with E-state index in [2.05, 4.69) is 15.6 Å². The first kappa shape index (κ1) is 16.6. The molecule has 0 amide bonds.